The standard InChI is InChI=1S/C26H28BrNO6/c1-26(2,3)34-25(32)28-14-4-5-21(28)24(31)33-16-23(30)20-12-8-18(9-13-20)17-6-10-19(11-7-17)22(29)15-27/h6-13,21H,4-5,14-16H2,1-3H3/t21-/m0/s1. The molecule has 1 heterocycles. The van der Waals surface area contributed by atoms with Crippen LogP contribution in [0.3, 0.4) is 0 Å². The Morgan fingerprint density at radius 1 is 0.912 bits per heavy atom. The molecule has 0 saturated carbocycles. The highest BCUT2D eigenvalue weighted by Crippen LogP contribution is 2.23. The third-order valence-corrected chi connectivity index (χ3v) is 5.88. The van der Waals surface area contributed by atoms with E-state index in [4.69, 9.17) is 9.47 Å². The lowest BCUT2D eigenvalue weighted by molar-refractivity contribution is -0.147. The normalized spacial score (nSPS) is 15.6. The first-order valence-electron chi connectivity index (χ1n) is 11.1. The van der Waals surface area contributed by atoms with Crippen molar-refractivity contribution < 1.29 is 28.7 Å². The van der Waals surface area contributed by atoms with Crippen LogP contribution in [0.5, 0.6) is 0 Å². The number of carbonyl (C=O) groups excluding carboxylic acids is 4. The maximum absolute atomic E-state index is 12.5. The number of carbonyl (C=O) groups is 4. The van der Waals surface area contributed by atoms with Gasteiger partial charge in [0.1, 0.15) is 11.6 Å². The molecule has 0 N–H and O–H groups in total. The van der Waals surface area contributed by atoms with Gasteiger partial charge in [0.15, 0.2) is 18.2 Å². The molecular formula is C26H28BrNO6. The summed E-state index contributed by atoms with van der Waals surface area (Å²) in [7, 11) is 0. The Kier molecular flexibility index (Phi) is 8.25. The van der Waals surface area contributed by atoms with Crippen molar-refractivity contribution in [1.82, 2.24) is 4.90 Å². The van der Waals surface area contributed by atoms with Crippen molar-refractivity contribution in [2.45, 2.75) is 45.3 Å². The molecule has 3 rings (SSSR count). The van der Waals surface area contributed by atoms with Crippen molar-refractivity contribution in [3.05, 3.63) is 59.7 Å². The predicted octanol–water partition coefficient (Wildman–Crippen LogP) is 5.06. The summed E-state index contributed by atoms with van der Waals surface area (Å²) in [5, 5.41) is 0.271. The number of rotatable bonds is 7. The molecule has 0 aromatic heterocycles. The van der Waals surface area contributed by atoms with Gasteiger partial charge in [0.05, 0.1) is 5.33 Å². The van der Waals surface area contributed by atoms with Crippen LogP contribution in [0, 0.1) is 0 Å². The number of likely N-dealkylation sites (tertiary alicyclic amines) is 1. The molecule has 180 valence electrons. The van der Waals surface area contributed by atoms with E-state index >= 15 is 0 Å². The summed E-state index contributed by atoms with van der Waals surface area (Å²) in [6, 6.07) is 13.4. The summed E-state index contributed by atoms with van der Waals surface area (Å²) >= 11 is 3.16. The van der Waals surface area contributed by atoms with Crippen LogP contribution in [0.4, 0.5) is 4.79 Å². The lowest BCUT2D eigenvalue weighted by Gasteiger charge is -2.27. The van der Waals surface area contributed by atoms with Crippen molar-refractivity contribution in [1.29, 1.82) is 0 Å². The van der Waals surface area contributed by atoms with E-state index in [0.717, 1.165) is 11.1 Å². The van der Waals surface area contributed by atoms with Gasteiger partial charge in [-0.15, -0.1) is 0 Å². The van der Waals surface area contributed by atoms with Crippen molar-refractivity contribution in [2.75, 3.05) is 18.5 Å². The van der Waals surface area contributed by atoms with E-state index in [0.29, 0.717) is 30.5 Å². The third kappa shape index (κ3) is 6.53. The van der Waals surface area contributed by atoms with Crippen LogP contribution in [0.2, 0.25) is 0 Å². The summed E-state index contributed by atoms with van der Waals surface area (Å²) in [5.74, 6) is -0.930. The number of amides is 1. The molecule has 1 amide bonds. The SMILES string of the molecule is CC(C)(C)OC(=O)N1CCC[C@H]1C(=O)OCC(=O)c1ccc(-c2ccc(C(=O)CBr)cc2)cc1. The number of ether oxygens (including phenoxy) is 2. The van der Waals surface area contributed by atoms with Gasteiger partial charge in [-0.2, -0.15) is 0 Å². The molecule has 1 atom stereocenters. The molecule has 2 aromatic rings. The number of hydrogen-bond acceptors (Lipinski definition) is 6. The topological polar surface area (TPSA) is 90.0 Å². The van der Waals surface area contributed by atoms with Gasteiger partial charge in [0, 0.05) is 17.7 Å². The molecule has 8 heteroatoms. The first-order chi connectivity index (χ1) is 16.1. The molecule has 0 bridgehead atoms. The van der Waals surface area contributed by atoms with Crippen molar-refractivity contribution in [2.24, 2.45) is 0 Å². The Labute approximate surface area is 207 Å². The fourth-order valence-electron chi connectivity index (χ4n) is 3.64. The van der Waals surface area contributed by atoms with E-state index in [1.807, 2.05) is 12.1 Å². The zero-order chi connectivity index (χ0) is 24.9. The van der Waals surface area contributed by atoms with Crippen molar-refractivity contribution in [3.8, 4) is 11.1 Å². The van der Waals surface area contributed by atoms with Crippen molar-refractivity contribution in [3.63, 3.8) is 0 Å². The zero-order valence-electron chi connectivity index (χ0n) is 19.5. The summed E-state index contributed by atoms with van der Waals surface area (Å²) in [6.07, 6.45) is 0.583. The molecular weight excluding hydrogens is 502 g/mol. The smallest absolute Gasteiger partial charge is 0.411 e. The highest BCUT2D eigenvalue weighted by Gasteiger charge is 2.37. The number of halogens is 1. The molecule has 1 saturated heterocycles. The number of hydrogen-bond donors (Lipinski definition) is 0. The molecule has 2 aromatic carbocycles. The van der Waals surface area contributed by atoms with E-state index in [9.17, 15) is 19.2 Å². The molecule has 1 aliphatic rings. The Morgan fingerprint density at radius 3 is 1.94 bits per heavy atom. The molecule has 1 aliphatic heterocycles. The lowest BCUT2D eigenvalue weighted by Crippen LogP contribution is -2.44. The molecule has 7 nitrogen and oxygen atoms in total. The largest absolute Gasteiger partial charge is 0.456 e. The third-order valence-electron chi connectivity index (χ3n) is 5.37. The van der Waals surface area contributed by atoms with E-state index in [1.54, 1.807) is 57.2 Å². The molecule has 0 aliphatic carbocycles. The van der Waals surface area contributed by atoms with Crippen LogP contribution in [0.15, 0.2) is 48.5 Å². The second-order valence-corrected chi connectivity index (χ2v) is 9.63. The number of ketones is 2. The Morgan fingerprint density at radius 2 is 1.44 bits per heavy atom. The quantitative estimate of drug-likeness (QED) is 0.283. The van der Waals surface area contributed by atoms with Gasteiger partial charge in [-0.1, -0.05) is 64.5 Å². The van der Waals surface area contributed by atoms with E-state index in [-0.39, 0.29) is 16.9 Å². The van der Waals surface area contributed by atoms with Crippen LogP contribution in [0.25, 0.3) is 11.1 Å². The summed E-state index contributed by atoms with van der Waals surface area (Å²) < 4.78 is 10.6. The highest BCUT2D eigenvalue weighted by molar-refractivity contribution is 9.09. The highest BCUT2D eigenvalue weighted by atomic mass is 79.9. The van der Waals surface area contributed by atoms with Crippen molar-refractivity contribution >= 4 is 39.6 Å². The molecule has 34 heavy (non-hydrogen) atoms. The lowest BCUT2D eigenvalue weighted by atomic mass is 10.0. The number of benzene rings is 2. The summed E-state index contributed by atoms with van der Waals surface area (Å²) in [4.78, 5) is 50.6. The van der Waals surface area contributed by atoms with Gasteiger partial charge in [-0.3, -0.25) is 14.5 Å². The van der Waals surface area contributed by atoms with Crippen LogP contribution in [-0.4, -0.2) is 58.7 Å². The zero-order valence-corrected chi connectivity index (χ0v) is 21.1. The second kappa shape index (κ2) is 11.0. The molecule has 0 radical (unpaired) electrons. The van der Waals surface area contributed by atoms with Crippen LogP contribution in [-0.2, 0) is 14.3 Å². The number of nitrogens with zero attached hydrogens (tertiary/aromatic N) is 1. The average Bonchev–Trinajstić information content (AvgIpc) is 3.31. The molecule has 0 unspecified atom stereocenters. The molecule has 0 spiro atoms. The Bertz CT molecular complexity index is 1060. The summed E-state index contributed by atoms with van der Waals surface area (Å²) in [5.41, 5.74) is 2.19. The maximum Gasteiger partial charge on any atom is 0.411 e. The minimum Gasteiger partial charge on any atom is -0.456 e. The number of esters is 1. The minimum absolute atomic E-state index is 0.00820. The summed E-state index contributed by atoms with van der Waals surface area (Å²) in [6.45, 7) is 5.30. The average molecular weight is 530 g/mol. The van der Waals surface area contributed by atoms with Crippen LogP contribution >= 0.6 is 15.9 Å². The second-order valence-electron chi connectivity index (χ2n) is 9.07. The van der Waals surface area contributed by atoms with E-state index in [1.165, 1.54) is 4.90 Å². The number of alkyl halides is 1. The van der Waals surface area contributed by atoms with Crippen LogP contribution < -0.4 is 0 Å². The Balaban J connectivity index is 1.57. The first-order valence-corrected chi connectivity index (χ1v) is 12.2. The van der Waals surface area contributed by atoms with Gasteiger partial charge >= 0.3 is 12.1 Å². The fraction of sp³-hybridized carbons (Fsp3) is 0.385. The van der Waals surface area contributed by atoms with E-state index < -0.39 is 30.3 Å². The Hall–Kier alpha value is -3.00. The van der Waals surface area contributed by atoms with Gasteiger partial charge in [-0.05, 0) is 44.7 Å². The molecule has 1 fully saturated rings. The van der Waals surface area contributed by atoms with Gasteiger partial charge in [-0.25, -0.2) is 9.59 Å². The van der Waals surface area contributed by atoms with E-state index in [2.05, 4.69) is 15.9 Å². The number of Topliss-reactive ketones (excluding diaryl/α,β-unsaturated/α-hetero) is 2. The maximum atomic E-state index is 12.5. The fourth-order valence-corrected chi connectivity index (χ4v) is 3.97. The minimum atomic E-state index is -0.746. The van der Waals surface area contributed by atoms with Gasteiger partial charge in [0.2, 0.25) is 0 Å². The monoisotopic (exact) mass is 529 g/mol. The predicted molar refractivity (Wildman–Crippen MR) is 131 cm³/mol. The van der Waals surface area contributed by atoms with Gasteiger partial charge < -0.3 is 9.47 Å². The van der Waals surface area contributed by atoms with Crippen LogP contribution in [0.1, 0.15) is 54.3 Å². The first kappa shape index (κ1) is 25.6. The van der Waals surface area contributed by atoms with Gasteiger partial charge in [0.25, 0.3) is 0 Å².